The molecule has 0 radical (unpaired) electrons. The van der Waals surface area contributed by atoms with E-state index in [4.69, 9.17) is 0 Å². The third-order valence-corrected chi connectivity index (χ3v) is 5.84. The number of halogens is 5. The van der Waals surface area contributed by atoms with Crippen molar-refractivity contribution in [2.24, 2.45) is 11.3 Å². The lowest BCUT2D eigenvalue weighted by molar-refractivity contribution is -0.321. The molecule has 4 amide bonds. The maximum absolute atomic E-state index is 13.1. The Morgan fingerprint density at radius 3 is 2.16 bits per heavy atom. The zero-order chi connectivity index (χ0) is 28.2. The molecule has 0 aromatic heterocycles. The van der Waals surface area contributed by atoms with E-state index in [1.54, 1.807) is 20.8 Å². The third kappa shape index (κ3) is 10.2. The molecule has 0 aromatic carbocycles. The largest absolute Gasteiger partial charge is 0.522 e. The summed E-state index contributed by atoms with van der Waals surface area (Å²) in [5, 5.41) is 9.14. The molecule has 0 aromatic rings. The minimum Gasteiger partial charge on any atom is -0.356 e. The van der Waals surface area contributed by atoms with Gasteiger partial charge in [0, 0.05) is 31.3 Å². The number of carbonyl (C=O) groups is 5. The van der Waals surface area contributed by atoms with Crippen molar-refractivity contribution in [1.29, 1.82) is 0 Å². The van der Waals surface area contributed by atoms with Crippen molar-refractivity contribution in [2.75, 3.05) is 13.2 Å². The molecule has 0 bridgehead atoms. The van der Waals surface area contributed by atoms with Crippen LogP contribution in [0.2, 0.25) is 0 Å². The predicted octanol–water partition coefficient (Wildman–Crippen LogP) is 0.938. The summed E-state index contributed by atoms with van der Waals surface area (Å²) in [6.45, 7) is 4.01. The van der Waals surface area contributed by atoms with Crippen LogP contribution in [0.3, 0.4) is 0 Å². The quantitative estimate of drug-likeness (QED) is 0.239. The molecule has 1 aliphatic heterocycles. The number of alkyl halides is 5. The van der Waals surface area contributed by atoms with Gasteiger partial charge in [0.2, 0.25) is 11.8 Å². The molecule has 37 heavy (non-hydrogen) atoms. The molecule has 15 heteroatoms. The van der Waals surface area contributed by atoms with Crippen molar-refractivity contribution in [3.8, 4) is 0 Å². The summed E-state index contributed by atoms with van der Waals surface area (Å²) in [4.78, 5) is 62.0. The van der Waals surface area contributed by atoms with E-state index < -0.39 is 90.6 Å². The van der Waals surface area contributed by atoms with E-state index in [0.29, 0.717) is 13.0 Å². The lowest BCUT2D eigenvalue weighted by Gasteiger charge is -2.35. The number of hydrogen-bond acceptors (Lipinski definition) is 6. The van der Waals surface area contributed by atoms with Crippen molar-refractivity contribution in [3.05, 3.63) is 0 Å². The van der Waals surface area contributed by atoms with Crippen LogP contribution in [0.15, 0.2) is 0 Å². The molecule has 1 aliphatic carbocycles. The zero-order valence-corrected chi connectivity index (χ0v) is 20.6. The third-order valence-electron chi connectivity index (χ3n) is 5.84. The van der Waals surface area contributed by atoms with Gasteiger partial charge >= 0.3 is 18.2 Å². The number of nitrogens with one attached hydrogen (secondary N) is 4. The van der Waals surface area contributed by atoms with E-state index in [2.05, 4.69) is 26.0 Å². The van der Waals surface area contributed by atoms with Gasteiger partial charge in [-0.3, -0.25) is 28.7 Å². The van der Waals surface area contributed by atoms with Gasteiger partial charge in [-0.05, 0) is 24.7 Å². The summed E-state index contributed by atoms with van der Waals surface area (Å²) >= 11 is 0. The molecule has 1 heterocycles. The van der Waals surface area contributed by atoms with Gasteiger partial charge < -0.3 is 21.3 Å². The summed E-state index contributed by atoms with van der Waals surface area (Å²) in [7, 11) is 0. The molecular formula is C22H31F5N4O6. The molecule has 1 saturated heterocycles. The van der Waals surface area contributed by atoms with Crippen LogP contribution < -0.4 is 21.3 Å². The van der Waals surface area contributed by atoms with E-state index >= 15 is 0 Å². The van der Waals surface area contributed by atoms with E-state index in [9.17, 15) is 45.9 Å². The first-order chi connectivity index (χ1) is 16.8. The van der Waals surface area contributed by atoms with Crippen molar-refractivity contribution in [1.82, 2.24) is 21.3 Å². The summed E-state index contributed by atoms with van der Waals surface area (Å²) in [5.41, 5.74) is -0.605. The molecule has 2 aliphatic rings. The molecule has 2 rings (SSSR count). The molecule has 4 N–H and O–H groups in total. The van der Waals surface area contributed by atoms with E-state index in [1.165, 1.54) is 0 Å². The second kappa shape index (κ2) is 11.7. The van der Waals surface area contributed by atoms with Gasteiger partial charge in [-0.15, -0.1) is 13.2 Å². The minimum absolute atomic E-state index is 0.0524. The van der Waals surface area contributed by atoms with Gasteiger partial charge in [-0.25, -0.2) is 8.78 Å². The Bertz CT molecular complexity index is 897. The molecule has 0 unspecified atom stereocenters. The van der Waals surface area contributed by atoms with Crippen LogP contribution in [0.4, 0.5) is 22.0 Å². The first kappa shape index (κ1) is 30.4. The van der Waals surface area contributed by atoms with Crippen LogP contribution >= 0.6 is 0 Å². The first-order valence-corrected chi connectivity index (χ1v) is 11.7. The van der Waals surface area contributed by atoms with Gasteiger partial charge in [0.15, 0.2) is 5.78 Å². The number of hydrogen-bond donors (Lipinski definition) is 4. The van der Waals surface area contributed by atoms with Crippen LogP contribution in [-0.2, 0) is 28.7 Å². The monoisotopic (exact) mass is 542 g/mol. The molecule has 3 atom stereocenters. The standard InChI is InChI=1S/C22H31F5N4O6/c1-20(2,3)9-14(31-19(36)18(35)29-12-7-21(23,24)8-12)17(34)30-13(6-11-4-5-28-16(11)33)15(32)10-37-22(25,26)27/h11-14H,4-10H2,1-3H3,(H,28,33)(H,29,35)(H,30,34)(H,31,36)/t11-,13-,14-/m0/s1. The second-order valence-corrected chi connectivity index (χ2v) is 10.5. The average molecular weight is 543 g/mol. The minimum atomic E-state index is -5.10. The average Bonchev–Trinajstić information content (AvgIpc) is 3.12. The van der Waals surface area contributed by atoms with Crippen LogP contribution in [0, 0.1) is 11.3 Å². The molecule has 2 fully saturated rings. The van der Waals surface area contributed by atoms with Crippen molar-refractivity contribution < 1.29 is 50.7 Å². The Balaban J connectivity index is 2.11. The normalized spacial score (nSPS) is 21.3. The first-order valence-electron chi connectivity index (χ1n) is 11.7. The fourth-order valence-electron chi connectivity index (χ4n) is 4.01. The van der Waals surface area contributed by atoms with Crippen molar-refractivity contribution >= 4 is 29.4 Å². The van der Waals surface area contributed by atoms with Gasteiger partial charge in [-0.2, -0.15) is 0 Å². The molecular weight excluding hydrogens is 511 g/mol. The van der Waals surface area contributed by atoms with Crippen LogP contribution in [-0.4, -0.2) is 73.0 Å². The Morgan fingerprint density at radius 2 is 1.68 bits per heavy atom. The summed E-state index contributed by atoms with van der Waals surface area (Å²) < 4.78 is 66.9. The fraction of sp³-hybridized carbons (Fsp3) is 0.773. The lowest BCUT2D eigenvalue weighted by atomic mass is 9.87. The number of ketones is 1. The van der Waals surface area contributed by atoms with Gasteiger partial charge in [-0.1, -0.05) is 20.8 Å². The summed E-state index contributed by atoms with van der Waals surface area (Å²) in [6, 6.07) is -3.86. The predicted molar refractivity (Wildman–Crippen MR) is 117 cm³/mol. The number of carbonyl (C=O) groups excluding carboxylic acids is 5. The van der Waals surface area contributed by atoms with Gasteiger partial charge in [0.25, 0.3) is 5.92 Å². The number of ether oxygens (including phenoxy) is 1. The van der Waals surface area contributed by atoms with Gasteiger partial charge in [0.05, 0.1) is 6.04 Å². The van der Waals surface area contributed by atoms with Crippen LogP contribution in [0.1, 0.15) is 52.9 Å². The SMILES string of the molecule is CC(C)(C)C[C@H](NC(=O)C(=O)NC1CC(F)(F)C1)C(=O)N[C@@H](C[C@@H]1CCNC1=O)C(=O)COC(F)(F)F. The Labute approximate surface area is 209 Å². The molecule has 0 spiro atoms. The highest BCUT2D eigenvalue weighted by Gasteiger charge is 2.46. The Kier molecular flexibility index (Phi) is 9.60. The number of rotatable bonds is 10. The second-order valence-electron chi connectivity index (χ2n) is 10.5. The molecule has 10 nitrogen and oxygen atoms in total. The fourth-order valence-corrected chi connectivity index (χ4v) is 4.01. The van der Waals surface area contributed by atoms with E-state index in [0.717, 1.165) is 0 Å². The highest BCUT2D eigenvalue weighted by atomic mass is 19.4. The Hall–Kier alpha value is -2.84. The Morgan fingerprint density at radius 1 is 1.05 bits per heavy atom. The highest BCUT2D eigenvalue weighted by Crippen LogP contribution is 2.37. The molecule has 1 saturated carbocycles. The lowest BCUT2D eigenvalue weighted by Crippen LogP contribution is -2.58. The van der Waals surface area contributed by atoms with Crippen molar-refractivity contribution in [2.45, 2.75) is 83.3 Å². The number of amides is 4. The maximum atomic E-state index is 13.1. The van der Waals surface area contributed by atoms with E-state index in [1.807, 2.05) is 0 Å². The molecule has 210 valence electrons. The van der Waals surface area contributed by atoms with Crippen LogP contribution in [0.25, 0.3) is 0 Å². The summed E-state index contributed by atoms with van der Waals surface area (Å²) in [6.07, 6.45) is -6.42. The van der Waals surface area contributed by atoms with Crippen LogP contribution in [0.5, 0.6) is 0 Å². The summed E-state index contributed by atoms with van der Waals surface area (Å²) in [5.74, 6) is -8.75. The smallest absolute Gasteiger partial charge is 0.356 e. The highest BCUT2D eigenvalue weighted by molar-refractivity contribution is 6.35. The maximum Gasteiger partial charge on any atom is 0.522 e. The van der Waals surface area contributed by atoms with Crippen molar-refractivity contribution in [3.63, 3.8) is 0 Å². The van der Waals surface area contributed by atoms with Gasteiger partial charge in [0.1, 0.15) is 12.6 Å². The topological polar surface area (TPSA) is 143 Å². The number of Topliss-reactive ketones (excluding diaryl/α,β-unsaturated/α-hetero) is 1. The van der Waals surface area contributed by atoms with E-state index in [-0.39, 0.29) is 12.8 Å². The zero-order valence-electron chi connectivity index (χ0n) is 20.6.